The lowest BCUT2D eigenvalue weighted by molar-refractivity contribution is -0.137. The highest BCUT2D eigenvalue weighted by atomic mass is 19.4. The van der Waals surface area contributed by atoms with Gasteiger partial charge in [-0.25, -0.2) is 9.97 Å². The van der Waals surface area contributed by atoms with Crippen LogP contribution in [0.4, 0.5) is 18.9 Å². The molecular weight excluding hydrogens is 403 g/mol. The molecular formula is C24H22F3N3O. The van der Waals surface area contributed by atoms with Crippen molar-refractivity contribution >= 4 is 22.6 Å². The van der Waals surface area contributed by atoms with E-state index in [1.54, 1.807) is 0 Å². The number of benzene rings is 2. The van der Waals surface area contributed by atoms with E-state index in [4.69, 9.17) is 9.97 Å². The zero-order chi connectivity index (χ0) is 22.2. The Morgan fingerprint density at radius 1 is 0.935 bits per heavy atom. The summed E-state index contributed by atoms with van der Waals surface area (Å²) < 4.78 is 39.4. The number of carbonyl (C=O) groups is 1. The van der Waals surface area contributed by atoms with Crippen LogP contribution >= 0.6 is 0 Å². The topological polar surface area (TPSA) is 54.9 Å². The van der Waals surface area contributed by atoms with Crippen LogP contribution in [0, 0.1) is 5.41 Å². The third-order valence-corrected chi connectivity index (χ3v) is 7.78. The van der Waals surface area contributed by atoms with Crippen molar-refractivity contribution in [3.63, 3.8) is 0 Å². The number of hydrogen-bond donors (Lipinski definition) is 1. The van der Waals surface area contributed by atoms with E-state index in [2.05, 4.69) is 12.2 Å². The monoisotopic (exact) mass is 425 g/mol. The zero-order valence-corrected chi connectivity index (χ0v) is 17.5. The van der Waals surface area contributed by atoms with Gasteiger partial charge < -0.3 is 5.32 Å². The summed E-state index contributed by atoms with van der Waals surface area (Å²) in [5.41, 5.74) is 0.449. The first kappa shape index (κ1) is 20.0. The van der Waals surface area contributed by atoms with Gasteiger partial charge in [-0.2, -0.15) is 13.2 Å². The molecule has 2 aliphatic rings. The molecule has 0 aliphatic heterocycles. The van der Waals surface area contributed by atoms with Gasteiger partial charge in [0.15, 0.2) is 0 Å². The second kappa shape index (κ2) is 6.05. The largest absolute Gasteiger partial charge is 0.416 e. The first-order valence-electron chi connectivity index (χ1n) is 10.3. The third-order valence-electron chi connectivity index (χ3n) is 7.78. The Labute approximate surface area is 177 Å². The van der Waals surface area contributed by atoms with Crippen LogP contribution in [-0.4, -0.2) is 15.9 Å². The molecule has 1 N–H and O–H groups in total. The first-order valence-corrected chi connectivity index (χ1v) is 10.3. The molecule has 31 heavy (non-hydrogen) atoms. The van der Waals surface area contributed by atoms with Crippen molar-refractivity contribution in [3.8, 4) is 0 Å². The quantitative estimate of drug-likeness (QED) is 0.580. The Bertz CT molecular complexity index is 1240. The van der Waals surface area contributed by atoms with Gasteiger partial charge in [0.05, 0.1) is 33.4 Å². The molecule has 160 valence electrons. The molecule has 1 aromatic heterocycles. The lowest BCUT2D eigenvalue weighted by atomic mass is 9.63. The molecule has 2 atom stereocenters. The average molecular weight is 425 g/mol. The number of anilines is 1. The summed E-state index contributed by atoms with van der Waals surface area (Å²) in [5, 5.41) is 2.77. The maximum Gasteiger partial charge on any atom is 0.416 e. The Balaban J connectivity index is 1.64. The van der Waals surface area contributed by atoms with E-state index >= 15 is 0 Å². The number of para-hydroxylation sites is 2. The number of nitrogens with zero attached hydrogens (tertiary/aromatic N) is 2. The van der Waals surface area contributed by atoms with Crippen molar-refractivity contribution in [2.45, 2.75) is 50.6 Å². The Morgan fingerprint density at radius 3 is 2.23 bits per heavy atom. The van der Waals surface area contributed by atoms with Gasteiger partial charge in [0.2, 0.25) is 5.91 Å². The van der Waals surface area contributed by atoms with E-state index in [-0.39, 0.29) is 17.0 Å². The van der Waals surface area contributed by atoms with Crippen LogP contribution in [0.3, 0.4) is 0 Å². The summed E-state index contributed by atoms with van der Waals surface area (Å²) in [4.78, 5) is 23.5. The van der Waals surface area contributed by atoms with Gasteiger partial charge in [-0.05, 0) is 48.6 Å². The summed E-state index contributed by atoms with van der Waals surface area (Å²) in [5.74, 6) is -0.330. The fourth-order valence-electron chi connectivity index (χ4n) is 5.56. The lowest BCUT2D eigenvalue weighted by Gasteiger charge is -2.39. The predicted octanol–water partition coefficient (Wildman–Crippen LogP) is 5.62. The number of nitrogens with one attached hydrogen (secondary N) is 1. The number of fused-ring (bicyclic) bond motifs is 6. The molecule has 1 fully saturated rings. The Kier molecular flexibility index (Phi) is 3.90. The van der Waals surface area contributed by atoms with Crippen LogP contribution in [-0.2, 0) is 21.8 Å². The van der Waals surface area contributed by atoms with E-state index in [1.807, 2.05) is 38.1 Å². The van der Waals surface area contributed by atoms with Gasteiger partial charge in [0, 0.05) is 11.1 Å². The molecule has 1 amide bonds. The molecule has 1 heterocycles. The molecule has 2 aromatic carbocycles. The van der Waals surface area contributed by atoms with Crippen LogP contribution in [0.25, 0.3) is 11.0 Å². The SMILES string of the molecule is CC1(C)[C@]2(C(=O)Nc3cccc(C(F)(F)F)c3)CC[C@]1(C)c1nc3ccccc3nc12. The van der Waals surface area contributed by atoms with Crippen molar-refractivity contribution in [2.75, 3.05) is 5.32 Å². The van der Waals surface area contributed by atoms with Crippen LogP contribution in [0.1, 0.15) is 50.6 Å². The van der Waals surface area contributed by atoms with Crippen LogP contribution in [0.5, 0.6) is 0 Å². The molecule has 0 unspecified atom stereocenters. The van der Waals surface area contributed by atoms with Crippen molar-refractivity contribution in [2.24, 2.45) is 5.41 Å². The number of alkyl halides is 3. The molecule has 5 rings (SSSR count). The van der Waals surface area contributed by atoms with E-state index in [1.165, 1.54) is 12.1 Å². The predicted molar refractivity (Wildman–Crippen MR) is 112 cm³/mol. The number of hydrogen-bond acceptors (Lipinski definition) is 3. The number of aromatic nitrogens is 2. The highest BCUT2D eigenvalue weighted by molar-refractivity contribution is 6.02. The molecule has 4 nitrogen and oxygen atoms in total. The van der Waals surface area contributed by atoms with Gasteiger partial charge in [-0.1, -0.05) is 39.0 Å². The maximum absolute atomic E-state index is 13.8. The summed E-state index contributed by atoms with van der Waals surface area (Å²) >= 11 is 0. The van der Waals surface area contributed by atoms with Gasteiger partial charge in [-0.3, -0.25) is 4.79 Å². The Morgan fingerprint density at radius 2 is 1.58 bits per heavy atom. The van der Waals surface area contributed by atoms with Gasteiger partial charge in [0.25, 0.3) is 0 Å². The minimum absolute atomic E-state index is 0.126. The number of amides is 1. The standard InChI is InChI=1S/C24H22F3N3O/c1-21(2)22(3)11-12-23(21,19-18(22)29-16-9-4-5-10-17(16)30-19)20(31)28-15-8-6-7-14(13-15)24(25,26)27/h4-10,13H,11-12H2,1-3H3,(H,28,31)/t22-,23-/m1/s1. The second-order valence-electron chi connectivity index (χ2n) is 9.30. The minimum atomic E-state index is -4.48. The molecule has 2 bridgehead atoms. The van der Waals surface area contributed by atoms with E-state index in [0.29, 0.717) is 17.6 Å². The molecule has 1 saturated carbocycles. The summed E-state index contributed by atoms with van der Waals surface area (Å²) in [7, 11) is 0. The van der Waals surface area contributed by atoms with Crippen LogP contribution in [0.15, 0.2) is 48.5 Å². The number of halogens is 3. The molecule has 0 spiro atoms. The smallest absolute Gasteiger partial charge is 0.325 e. The second-order valence-corrected chi connectivity index (χ2v) is 9.30. The molecule has 0 radical (unpaired) electrons. The summed E-state index contributed by atoms with van der Waals surface area (Å²) in [6.45, 7) is 6.20. The van der Waals surface area contributed by atoms with Gasteiger partial charge in [0.1, 0.15) is 0 Å². The van der Waals surface area contributed by atoms with E-state index < -0.39 is 22.6 Å². The zero-order valence-electron chi connectivity index (χ0n) is 17.5. The fraction of sp³-hybridized carbons (Fsp3) is 0.375. The first-order chi connectivity index (χ1) is 14.5. The van der Waals surface area contributed by atoms with Crippen LogP contribution in [0.2, 0.25) is 0 Å². The lowest BCUT2D eigenvalue weighted by Crippen LogP contribution is -2.48. The highest BCUT2D eigenvalue weighted by Gasteiger charge is 2.73. The summed E-state index contributed by atoms with van der Waals surface area (Å²) in [6, 6.07) is 12.3. The van der Waals surface area contributed by atoms with Gasteiger partial charge >= 0.3 is 6.18 Å². The number of rotatable bonds is 2. The third kappa shape index (κ3) is 2.46. The maximum atomic E-state index is 13.8. The van der Waals surface area contributed by atoms with E-state index in [0.717, 1.165) is 29.8 Å². The number of carbonyl (C=O) groups excluding carboxylic acids is 1. The average Bonchev–Trinajstić information content (AvgIpc) is 3.01. The van der Waals surface area contributed by atoms with Crippen LogP contribution < -0.4 is 5.32 Å². The fourth-order valence-corrected chi connectivity index (χ4v) is 5.56. The van der Waals surface area contributed by atoms with Crippen molar-refractivity contribution in [3.05, 3.63) is 65.5 Å². The van der Waals surface area contributed by atoms with E-state index in [9.17, 15) is 18.0 Å². The molecule has 2 aliphatic carbocycles. The van der Waals surface area contributed by atoms with Crippen molar-refractivity contribution in [1.82, 2.24) is 9.97 Å². The normalized spacial score (nSPS) is 26.1. The molecule has 0 saturated heterocycles. The summed E-state index contributed by atoms with van der Waals surface area (Å²) in [6.07, 6.45) is -3.15. The van der Waals surface area contributed by atoms with Crippen molar-refractivity contribution in [1.29, 1.82) is 0 Å². The highest BCUT2D eigenvalue weighted by Crippen LogP contribution is 2.70. The molecule has 7 heteroatoms. The minimum Gasteiger partial charge on any atom is -0.325 e. The molecule has 3 aromatic rings. The van der Waals surface area contributed by atoms with Crippen molar-refractivity contribution < 1.29 is 18.0 Å². The van der Waals surface area contributed by atoms with Gasteiger partial charge in [-0.15, -0.1) is 0 Å². The Hall–Kier alpha value is -2.96.